The Morgan fingerprint density at radius 3 is 1.73 bits per heavy atom. The van der Waals surface area contributed by atoms with Gasteiger partial charge in [0, 0.05) is 0 Å². The van der Waals surface area contributed by atoms with E-state index in [4.69, 9.17) is 9.84 Å². The highest BCUT2D eigenvalue weighted by Crippen LogP contribution is 2.24. The topological polar surface area (TPSA) is 46.5 Å². The van der Waals surface area contributed by atoms with E-state index in [0.717, 1.165) is 19.3 Å². The summed E-state index contributed by atoms with van der Waals surface area (Å²) in [6, 6.07) is 0. The fourth-order valence-corrected chi connectivity index (χ4v) is 1.15. The van der Waals surface area contributed by atoms with Crippen molar-refractivity contribution in [3.63, 3.8) is 0 Å². The number of hydrogen-bond donors (Lipinski definition) is 1. The number of carboxylic acid groups (broad SMARTS) is 1. The number of rotatable bonds is 4. The Bertz CT molecular complexity index is 119. The molecule has 0 heterocycles. The molecule has 0 aliphatic heterocycles. The van der Waals surface area contributed by atoms with Gasteiger partial charge in [-0.05, 0) is 19.3 Å². The van der Waals surface area contributed by atoms with Gasteiger partial charge in [0.1, 0.15) is 5.60 Å². The summed E-state index contributed by atoms with van der Waals surface area (Å²) in [6.07, 6.45) is 1.06. The Labute approximate surface area is 67.4 Å². The van der Waals surface area contributed by atoms with Crippen LogP contribution in [0.15, 0.2) is 0 Å². The first-order chi connectivity index (χ1) is 5.10. The van der Waals surface area contributed by atoms with E-state index >= 15 is 0 Å². The summed E-state index contributed by atoms with van der Waals surface area (Å²) in [7, 11) is 0. The Kier molecular flexibility index (Phi) is 3.93. The molecule has 0 spiro atoms. The van der Waals surface area contributed by atoms with Crippen LogP contribution in [0.5, 0.6) is 0 Å². The molecule has 0 fully saturated rings. The van der Waals surface area contributed by atoms with Crippen molar-refractivity contribution >= 4 is 6.16 Å². The van der Waals surface area contributed by atoms with E-state index < -0.39 is 11.8 Å². The third kappa shape index (κ3) is 2.78. The smallest absolute Gasteiger partial charge is 0.450 e. The molecule has 66 valence electrons. The van der Waals surface area contributed by atoms with Gasteiger partial charge in [0.2, 0.25) is 0 Å². The summed E-state index contributed by atoms with van der Waals surface area (Å²) in [5.74, 6) is 0. The first-order valence-electron chi connectivity index (χ1n) is 4.02. The largest absolute Gasteiger partial charge is 0.506 e. The fourth-order valence-electron chi connectivity index (χ4n) is 1.15. The maximum absolute atomic E-state index is 10.3. The lowest BCUT2D eigenvalue weighted by atomic mass is 9.94. The van der Waals surface area contributed by atoms with Crippen LogP contribution in [0, 0.1) is 0 Å². The molecule has 0 unspecified atom stereocenters. The SMILES string of the molecule is CCC(CC)(CC)OC(=O)O. The van der Waals surface area contributed by atoms with Gasteiger partial charge in [-0.25, -0.2) is 4.79 Å². The van der Waals surface area contributed by atoms with Crippen molar-refractivity contribution in [1.29, 1.82) is 0 Å². The highest BCUT2D eigenvalue weighted by Gasteiger charge is 2.27. The summed E-state index contributed by atoms with van der Waals surface area (Å²) in [4.78, 5) is 10.3. The van der Waals surface area contributed by atoms with Gasteiger partial charge in [0.05, 0.1) is 0 Å². The van der Waals surface area contributed by atoms with Crippen LogP contribution in [-0.4, -0.2) is 16.9 Å². The van der Waals surface area contributed by atoms with Crippen LogP contribution in [0.4, 0.5) is 4.79 Å². The second-order valence-corrected chi connectivity index (χ2v) is 2.61. The van der Waals surface area contributed by atoms with Gasteiger partial charge in [0.25, 0.3) is 0 Å². The van der Waals surface area contributed by atoms with Gasteiger partial charge in [-0.1, -0.05) is 20.8 Å². The Balaban J connectivity index is 4.16. The fraction of sp³-hybridized carbons (Fsp3) is 0.875. The lowest BCUT2D eigenvalue weighted by Gasteiger charge is -2.28. The standard InChI is InChI=1S/C8H16O3/c1-4-8(5-2,6-3)11-7(9)10/h4-6H2,1-3H3,(H,9,10). The molecule has 0 atom stereocenters. The second kappa shape index (κ2) is 4.21. The van der Waals surface area contributed by atoms with E-state index in [9.17, 15) is 4.79 Å². The minimum absolute atomic E-state index is 0.453. The summed E-state index contributed by atoms with van der Waals surface area (Å²) >= 11 is 0. The molecule has 0 aromatic rings. The predicted molar refractivity (Wildman–Crippen MR) is 42.7 cm³/mol. The summed E-state index contributed by atoms with van der Waals surface area (Å²) in [6.45, 7) is 5.82. The summed E-state index contributed by atoms with van der Waals surface area (Å²) in [5.41, 5.74) is -0.453. The zero-order valence-electron chi connectivity index (χ0n) is 7.39. The van der Waals surface area contributed by atoms with Crippen LogP contribution in [0.3, 0.4) is 0 Å². The third-order valence-corrected chi connectivity index (χ3v) is 2.24. The average molecular weight is 160 g/mol. The molecule has 0 aliphatic rings. The Morgan fingerprint density at radius 2 is 1.64 bits per heavy atom. The Hall–Kier alpha value is -0.730. The van der Waals surface area contributed by atoms with Gasteiger partial charge in [-0.15, -0.1) is 0 Å². The van der Waals surface area contributed by atoms with Crippen LogP contribution in [0.25, 0.3) is 0 Å². The highest BCUT2D eigenvalue weighted by molar-refractivity contribution is 5.57. The molecule has 0 radical (unpaired) electrons. The van der Waals surface area contributed by atoms with Crippen LogP contribution in [0.2, 0.25) is 0 Å². The van der Waals surface area contributed by atoms with Crippen molar-refractivity contribution in [2.75, 3.05) is 0 Å². The minimum atomic E-state index is -1.17. The average Bonchev–Trinajstić information content (AvgIpc) is 2.00. The van der Waals surface area contributed by atoms with Gasteiger partial charge < -0.3 is 9.84 Å². The molecule has 3 nitrogen and oxygen atoms in total. The molecule has 0 saturated carbocycles. The monoisotopic (exact) mass is 160 g/mol. The number of hydrogen-bond acceptors (Lipinski definition) is 2. The molecule has 1 N–H and O–H groups in total. The lowest BCUT2D eigenvalue weighted by molar-refractivity contribution is -0.0266. The first-order valence-corrected chi connectivity index (χ1v) is 4.02. The van der Waals surface area contributed by atoms with Crippen LogP contribution < -0.4 is 0 Å². The van der Waals surface area contributed by atoms with E-state index in [-0.39, 0.29) is 0 Å². The third-order valence-electron chi connectivity index (χ3n) is 2.24. The van der Waals surface area contributed by atoms with Gasteiger partial charge >= 0.3 is 6.16 Å². The van der Waals surface area contributed by atoms with E-state index in [1.165, 1.54) is 0 Å². The first kappa shape index (κ1) is 10.3. The molecular formula is C8H16O3. The molecule has 0 rings (SSSR count). The van der Waals surface area contributed by atoms with Gasteiger partial charge in [0.15, 0.2) is 0 Å². The molecule has 0 aromatic carbocycles. The van der Waals surface area contributed by atoms with Crippen LogP contribution in [-0.2, 0) is 4.74 Å². The molecule has 3 heteroatoms. The predicted octanol–water partition coefficient (Wildman–Crippen LogP) is 2.65. The zero-order chi connectivity index (χ0) is 8.91. The van der Waals surface area contributed by atoms with Crippen LogP contribution in [0.1, 0.15) is 40.0 Å². The lowest BCUT2D eigenvalue weighted by Crippen LogP contribution is -2.32. The molecule has 0 saturated heterocycles. The summed E-state index contributed by atoms with van der Waals surface area (Å²) < 4.78 is 4.80. The van der Waals surface area contributed by atoms with Crippen molar-refractivity contribution in [3.05, 3.63) is 0 Å². The maximum atomic E-state index is 10.3. The second-order valence-electron chi connectivity index (χ2n) is 2.61. The maximum Gasteiger partial charge on any atom is 0.506 e. The van der Waals surface area contributed by atoms with Crippen molar-refractivity contribution in [3.8, 4) is 0 Å². The van der Waals surface area contributed by atoms with Crippen molar-refractivity contribution in [2.45, 2.75) is 45.6 Å². The van der Waals surface area contributed by atoms with Crippen molar-refractivity contribution in [1.82, 2.24) is 0 Å². The number of ether oxygens (including phenoxy) is 1. The van der Waals surface area contributed by atoms with E-state index in [2.05, 4.69) is 0 Å². The normalized spacial score (nSPS) is 11.2. The summed E-state index contributed by atoms with van der Waals surface area (Å²) in [5, 5.41) is 8.42. The van der Waals surface area contributed by atoms with E-state index in [0.29, 0.717) is 0 Å². The molecule has 0 bridgehead atoms. The number of carbonyl (C=O) groups is 1. The molecule has 0 amide bonds. The van der Waals surface area contributed by atoms with E-state index in [1.54, 1.807) is 0 Å². The van der Waals surface area contributed by atoms with Crippen molar-refractivity contribution in [2.24, 2.45) is 0 Å². The highest BCUT2D eigenvalue weighted by atomic mass is 16.7. The molecular weight excluding hydrogens is 144 g/mol. The van der Waals surface area contributed by atoms with E-state index in [1.807, 2.05) is 20.8 Å². The Morgan fingerprint density at radius 1 is 1.27 bits per heavy atom. The quantitative estimate of drug-likeness (QED) is 0.643. The zero-order valence-corrected chi connectivity index (χ0v) is 7.39. The minimum Gasteiger partial charge on any atom is -0.450 e. The van der Waals surface area contributed by atoms with Gasteiger partial charge in [-0.3, -0.25) is 0 Å². The van der Waals surface area contributed by atoms with Gasteiger partial charge in [-0.2, -0.15) is 0 Å². The molecule has 11 heavy (non-hydrogen) atoms. The molecule has 0 aromatic heterocycles. The van der Waals surface area contributed by atoms with Crippen molar-refractivity contribution < 1.29 is 14.6 Å². The molecule has 0 aliphatic carbocycles. The van der Waals surface area contributed by atoms with Crippen LogP contribution >= 0.6 is 0 Å².